The average Bonchev–Trinajstić information content (AvgIpc) is 2.95. The van der Waals surface area contributed by atoms with Gasteiger partial charge in [-0.2, -0.15) is 0 Å². The van der Waals surface area contributed by atoms with Gasteiger partial charge in [0.15, 0.2) is 0 Å². The summed E-state index contributed by atoms with van der Waals surface area (Å²) in [6.07, 6.45) is 5.54. The second kappa shape index (κ2) is 4.53. The fourth-order valence-corrected chi connectivity index (χ4v) is 2.38. The predicted octanol–water partition coefficient (Wildman–Crippen LogP) is 3.32. The smallest absolute Gasteiger partial charge is 0.144 e. The Kier molecular flexibility index (Phi) is 2.85. The lowest BCUT2D eigenvalue weighted by atomic mass is 10.1. The van der Waals surface area contributed by atoms with E-state index >= 15 is 0 Å². The number of nitrogens with one attached hydrogen (secondary N) is 1. The van der Waals surface area contributed by atoms with Crippen LogP contribution in [-0.2, 0) is 12.8 Å². The fraction of sp³-hybridized carbons (Fsp3) is 0.333. The minimum absolute atomic E-state index is 0.754. The van der Waals surface area contributed by atoms with E-state index in [1.807, 2.05) is 12.4 Å². The molecule has 98 valence electrons. The summed E-state index contributed by atoms with van der Waals surface area (Å²) in [6, 6.07) is 2.15. The van der Waals surface area contributed by atoms with E-state index in [0.29, 0.717) is 0 Å². The van der Waals surface area contributed by atoms with Crippen molar-refractivity contribution in [1.82, 2.24) is 15.1 Å². The van der Waals surface area contributed by atoms with Crippen LogP contribution >= 0.6 is 0 Å². The van der Waals surface area contributed by atoms with Crippen LogP contribution in [0, 0.1) is 13.8 Å². The molecule has 4 heteroatoms. The summed E-state index contributed by atoms with van der Waals surface area (Å²) in [5, 5.41) is 5.27. The van der Waals surface area contributed by atoms with E-state index in [9.17, 15) is 0 Å². The summed E-state index contributed by atoms with van der Waals surface area (Å²) in [5.74, 6) is 0.944. The summed E-state index contributed by atoms with van der Waals surface area (Å²) in [5.41, 5.74) is 5.50. The Bertz CT molecular complexity index is 724. The molecule has 0 aliphatic rings. The third-order valence-corrected chi connectivity index (χ3v) is 3.56. The Labute approximate surface area is 111 Å². The zero-order valence-electron chi connectivity index (χ0n) is 11.4. The van der Waals surface area contributed by atoms with Gasteiger partial charge in [0.05, 0.1) is 5.69 Å². The molecule has 0 saturated heterocycles. The van der Waals surface area contributed by atoms with E-state index in [2.05, 4.69) is 42.0 Å². The highest BCUT2D eigenvalue weighted by molar-refractivity contribution is 5.80. The topological polar surface area (TPSA) is 54.7 Å². The quantitative estimate of drug-likeness (QED) is 0.781. The summed E-state index contributed by atoms with van der Waals surface area (Å²) in [4.78, 5) is 7.59. The maximum atomic E-state index is 5.45. The SMILES string of the molecule is CCc1noc(Cc2c[nH]c3ncc(C)cc23)c1C. The molecule has 0 aliphatic heterocycles. The van der Waals surface area contributed by atoms with E-state index in [-0.39, 0.29) is 0 Å². The van der Waals surface area contributed by atoms with E-state index in [1.54, 1.807) is 0 Å². The van der Waals surface area contributed by atoms with Gasteiger partial charge in [-0.3, -0.25) is 0 Å². The minimum Gasteiger partial charge on any atom is -0.361 e. The van der Waals surface area contributed by atoms with Crippen molar-refractivity contribution in [2.75, 3.05) is 0 Å². The third-order valence-electron chi connectivity index (χ3n) is 3.56. The first-order valence-corrected chi connectivity index (χ1v) is 6.55. The van der Waals surface area contributed by atoms with Gasteiger partial charge < -0.3 is 9.51 Å². The molecular formula is C15H17N3O. The van der Waals surface area contributed by atoms with E-state index in [0.717, 1.165) is 46.5 Å². The highest BCUT2D eigenvalue weighted by Gasteiger charge is 2.13. The molecule has 0 fully saturated rings. The Morgan fingerprint density at radius 1 is 1.32 bits per heavy atom. The number of aromatic amines is 1. The molecule has 0 radical (unpaired) electrons. The van der Waals surface area contributed by atoms with Gasteiger partial charge in [-0.25, -0.2) is 4.98 Å². The predicted molar refractivity (Wildman–Crippen MR) is 74.3 cm³/mol. The molecular weight excluding hydrogens is 238 g/mol. The number of H-pyrrole nitrogens is 1. The van der Waals surface area contributed by atoms with E-state index in [4.69, 9.17) is 4.52 Å². The van der Waals surface area contributed by atoms with Gasteiger partial charge in [0.25, 0.3) is 0 Å². The van der Waals surface area contributed by atoms with Crippen LogP contribution in [0.1, 0.15) is 35.1 Å². The van der Waals surface area contributed by atoms with Crippen molar-refractivity contribution in [3.8, 4) is 0 Å². The lowest BCUT2D eigenvalue weighted by molar-refractivity contribution is 0.383. The molecule has 0 spiro atoms. The number of aryl methyl sites for hydroxylation is 2. The van der Waals surface area contributed by atoms with Crippen LogP contribution in [0.2, 0.25) is 0 Å². The number of fused-ring (bicyclic) bond motifs is 1. The van der Waals surface area contributed by atoms with Gasteiger partial charge in [-0.1, -0.05) is 12.1 Å². The lowest BCUT2D eigenvalue weighted by Crippen LogP contribution is -1.89. The molecule has 0 aromatic carbocycles. The minimum atomic E-state index is 0.754. The summed E-state index contributed by atoms with van der Waals surface area (Å²) in [7, 11) is 0. The van der Waals surface area contributed by atoms with Crippen LogP contribution < -0.4 is 0 Å². The summed E-state index contributed by atoms with van der Waals surface area (Å²) in [6.45, 7) is 6.22. The van der Waals surface area contributed by atoms with E-state index in [1.165, 1.54) is 5.56 Å². The molecule has 3 heterocycles. The Balaban J connectivity index is 2.01. The van der Waals surface area contributed by atoms with Gasteiger partial charge in [0.1, 0.15) is 11.4 Å². The number of rotatable bonds is 3. The van der Waals surface area contributed by atoms with Crippen molar-refractivity contribution in [1.29, 1.82) is 0 Å². The highest BCUT2D eigenvalue weighted by Crippen LogP contribution is 2.23. The first-order chi connectivity index (χ1) is 9.19. The molecule has 0 bridgehead atoms. The largest absolute Gasteiger partial charge is 0.361 e. The molecule has 0 amide bonds. The van der Waals surface area contributed by atoms with Crippen molar-refractivity contribution in [3.05, 3.63) is 46.6 Å². The van der Waals surface area contributed by atoms with E-state index < -0.39 is 0 Å². The Hall–Kier alpha value is -2.10. The number of nitrogens with zero attached hydrogens (tertiary/aromatic N) is 2. The van der Waals surface area contributed by atoms with Gasteiger partial charge in [0.2, 0.25) is 0 Å². The van der Waals surface area contributed by atoms with Crippen LogP contribution in [-0.4, -0.2) is 15.1 Å². The molecule has 3 aromatic rings. The molecule has 19 heavy (non-hydrogen) atoms. The zero-order valence-corrected chi connectivity index (χ0v) is 11.4. The number of hydrogen-bond donors (Lipinski definition) is 1. The average molecular weight is 255 g/mol. The van der Waals surface area contributed by atoms with Crippen molar-refractivity contribution >= 4 is 11.0 Å². The number of aromatic nitrogens is 3. The zero-order chi connectivity index (χ0) is 13.4. The van der Waals surface area contributed by atoms with Gasteiger partial charge in [0, 0.05) is 29.8 Å². The molecule has 3 rings (SSSR count). The van der Waals surface area contributed by atoms with Gasteiger partial charge in [-0.05, 0) is 37.5 Å². The number of pyridine rings is 1. The molecule has 0 aliphatic carbocycles. The number of hydrogen-bond acceptors (Lipinski definition) is 3. The molecule has 0 atom stereocenters. The molecule has 0 unspecified atom stereocenters. The van der Waals surface area contributed by atoms with Crippen LogP contribution in [0.4, 0.5) is 0 Å². The van der Waals surface area contributed by atoms with Crippen molar-refractivity contribution < 1.29 is 4.52 Å². The van der Waals surface area contributed by atoms with Crippen LogP contribution in [0.15, 0.2) is 23.0 Å². The summed E-state index contributed by atoms with van der Waals surface area (Å²) >= 11 is 0. The fourth-order valence-electron chi connectivity index (χ4n) is 2.38. The van der Waals surface area contributed by atoms with Crippen LogP contribution in [0.5, 0.6) is 0 Å². The molecule has 4 nitrogen and oxygen atoms in total. The molecule has 3 aromatic heterocycles. The molecule has 1 N–H and O–H groups in total. The van der Waals surface area contributed by atoms with Crippen molar-refractivity contribution in [3.63, 3.8) is 0 Å². The lowest BCUT2D eigenvalue weighted by Gasteiger charge is -1.98. The second-order valence-electron chi connectivity index (χ2n) is 4.93. The standard InChI is InChI=1S/C15H17N3O/c1-4-13-10(3)14(19-18-13)6-11-8-17-15-12(11)5-9(2)7-16-15/h5,7-8H,4,6H2,1-3H3,(H,16,17). The summed E-state index contributed by atoms with van der Waals surface area (Å²) < 4.78 is 5.45. The van der Waals surface area contributed by atoms with Crippen LogP contribution in [0.3, 0.4) is 0 Å². The van der Waals surface area contributed by atoms with Crippen molar-refractivity contribution in [2.24, 2.45) is 0 Å². The third kappa shape index (κ3) is 2.03. The Morgan fingerprint density at radius 3 is 2.89 bits per heavy atom. The Morgan fingerprint density at radius 2 is 2.16 bits per heavy atom. The monoisotopic (exact) mass is 255 g/mol. The van der Waals surface area contributed by atoms with Crippen LogP contribution in [0.25, 0.3) is 11.0 Å². The van der Waals surface area contributed by atoms with Gasteiger partial charge in [-0.15, -0.1) is 0 Å². The molecule has 0 saturated carbocycles. The maximum Gasteiger partial charge on any atom is 0.144 e. The van der Waals surface area contributed by atoms with Gasteiger partial charge >= 0.3 is 0 Å². The highest BCUT2D eigenvalue weighted by atomic mass is 16.5. The normalized spacial score (nSPS) is 11.3. The first-order valence-electron chi connectivity index (χ1n) is 6.55. The second-order valence-corrected chi connectivity index (χ2v) is 4.93. The maximum absolute atomic E-state index is 5.45. The van der Waals surface area contributed by atoms with Crippen molar-refractivity contribution in [2.45, 2.75) is 33.6 Å². The first kappa shape index (κ1) is 12.0.